The van der Waals surface area contributed by atoms with Gasteiger partial charge >= 0.3 is 0 Å². The van der Waals surface area contributed by atoms with Gasteiger partial charge in [-0.25, -0.2) is 0 Å². The Labute approximate surface area is 96.5 Å². The fourth-order valence-electron chi connectivity index (χ4n) is 2.09. The maximum absolute atomic E-state index is 5.56. The van der Waals surface area contributed by atoms with Crippen molar-refractivity contribution in [2.75, 3.05) is 13.6 Å². The first-order valence-electron chi connectivity index (χ1n) is 5.64. The Bertz CT molecular complexity index is 375. The molecular weight excluding hydrogens is 200 g/mol. The van der Waals surface area contributed by atoms with Crippen LogP contribution in [0.2, 0.25) is 0 Å². The molecule has 1 aliphatic heterocycles. The third-order valence-electron chi connectivity index (χ3n) is 2.77. The molecule has 0 amide bonds. The van der Waals surface area contributed by atoms with Gasteiger partial charge in [0.15, 0.2) is 0 Å². The molecule has 1 N–H and O–H groups in total. The van der Waals surface area contributed by atoms with E-state index >= 15 is 0 Å². The van der Waals surface area contributed by atoms with E-state index in [9.17, 15) is 0 Å². The van der Waals surface area contributed by atoms with Gasteiger partial charge in [-0.1, -0.05) is 35.5 Å². The first-order chi connectivity index (χ1) is 7.72. The number of rotatable bonds is 4. The van der Waals surface area contributed by atoms with Crippen molar-refractivity contribution in [3.63, 3.8) is 0 Å². The van der Waals surface area contributed by atoms with Crippen LogP contribution >= 0.6 is 0 Å². The van der Waals surface area contributed by atoms with Crippen molar-refractivity contribution in [2.45, 2.75) is 25.4 Å². The van der Waals surface area contributed by atoms with E-state index < -0.39 is 0 Å². The Kier molecular flexibility index (Phi) is 3.25. The molecule has 0 aromatic heterocycles. The van der Waals surface area contributed by atoms with E-state index in [1.54, 1.807) is 0 Å². The van der Waals surface area contributed by atoms with Crippen molar-refractivity contribution >= 4 is 5.71 Å². The van der Waals surface area contributed by atoms with Crippen LogP contribution in [0.5, 0.6) is 0 Å². The summed E-state index contributed by atoms with van der Waals surface area (Å²) in [7, 11) is 1.93. The molecule has 0 bridgehead atoms. The van der Waals surface area contributed by atoms with Gasteiger partial charge in [-0.2, -0.15) is 0 Å². The van der Waals surface area contributed by atoms with E-state index in [0.717, 1.165) is 25.1 Å². The lowest BCUT2D eigenvalue weighted by molar-refractivity contribution is -0.00283. The van der Waals surface area contributed by atoms with Crippen LogP contribution in [0.3, 0.4) is 0 Å². The molecule has 0 aliphatic carbocycles. The Balaban J connectivity index is 1.97. The molecule has 1 aliphatic rings. The van der Waals surface area contributed by atoms with Crippen molar-refractivity contribution < 1.29 is 4.84 Å². The predicted molar refractivity (Wildman–Crippen MR) is 65.6 cm³/mol. The molecule has 0 radical (unpaired) electrons. The number of nitrogens with zero attached hydrogens (tertiary/aromatic N) is 1. The van der Waals surface area contributed by atoms with E-state index in [2.05, 4.69) is 41.7 Å². The van der Waals surface area contributed by atoms with E-state index in [4.69, 9.17) is 4.84 Å². The molecule has 0 spiro atoms. The van der Waals surface area contributed by atoms with Crippen molar-refractivity contribution in [2.24, 2.45) is 5.16 Å². The second-order valence-electron chi connectivity index (χ2n) is 4.57. The first-order valence-corrected chi connectivity index (χ1v) is 5.64. The molecule has 16 heavy (non-hydrogen) atoms. The zero-order valence-electron chi connectivity index (χ0n) is 9.86. The fourth-order valence-corrected chi connectivity index (χ4v) is 2.09. The van der Waals surface area contributed by atoms with Crippen LogP contribution in [0.15, 0.2) is 35.5 Å². The van der Waals surface area contributed by atoms with E-state index in [0.29, 0.717) is 0 Å². The highest BCUT2D eigenvalue weighted by Gasteiger charge is 2.33. The fraction of sp³-hybridized carbons (Fsp3) is 0.462. The lowest BCUT2D eigenvalue weighted by atomic mass is 9.92. The Hall–Kier alpha value is -1.35. The van der Waals surface area contributed by atoms with Gasteiger partial charge in [-0.15, -0.1) is 0 Å². The molecule has 0 saturated heterocycles. The van der Waals surface area contributed by atoms with Crippen LogP contribution in [0.1, 0.15) is 18.9 Å². The average molecular weight is 218 g/mol. The highest BCUT2D eigenvalue weighted by molar-refractivity contribution is 5.87. The second-order valence-corrected chi connectivity index (χ2v) is 4.57. The third-order valence-corrected chi connectivity index (χ3v) is 2.77. The van der Waals surface area contributed by atoms with Gasteiger partial charge < -0.3 is 10.2 Å². The predicted octanol–water partition coefficient (Wildman–Crippen LogP) is 1.98. The van der Waals surface area contributed by atoms with Crippen molar-refractivity contribution in [1.82, 2.24) is 5.32 Å². The molecule has 3 heteroatoms. The molecule has 1 unspecified atom stereocenters. The quantitative estimate of drug-likeness (QED) is 0.838. The number of benzene rings is 1. The lowest BCUT2D eigenvalue weighted by Crippen LogP contribution is -2.29. The van der Waals surface area contributed by atoms with E-state index in [-0.39, 0.29) is 5.60 Å². The second kappa shape index (κ2) is 4.66. The van der Waals surface area contributed by atoms with Crippen LogP contribution in [0.25, 0.3) is 0 Å². The number of hydrogen-bond acceptors (Lipinski definition) is 3. The Morgan fingerprint density at radius 1 is 1.38 bits per heavy atom. The zero-order chi connectivity index (χ0) is 11.4. The average Bonchev–Trinajstić information content (AvgIpc) is 2.62. The van der Waals surface area contributed by atoms with Gasteiger partial charge in [0.1, 0.15) is 5.60 Å². The maximum Gasteiger partial charge on any atom is 0.144 e. The summed E-state index contributed by atoms with van der Waals surface area (Å²) < 4.78 is 0. The SMILES string of the molecule is CNCC1=NOC(C)(Cc2ccccc2)C1. The lowest BCUT2D eigenvalue weighted by Gasteiger charge is -2.21. The van der Waals surface area contributed by atoms with Gasteiger partial charge in [0.05, 0.1) is 5.71 Å². The minimum absolute atomic E-state index is 0.173. The van der Waals surface area contributed by atoms with Crippen molar-refractivity contribution in [1.29, 1.82) is 0 Å². The van der Waals surface area contributed by atoms with Crippen molar-refractivity contribution in [3.05, 3.63) is 35.9 Å². The topological polar surface area (TPSA) is 33.6 Å². The molecule has 0 saturated carbocycles. The molecule has 86 valence electrons. The van der Waals surface area contributed by atoms with Crippen LogP contribution in [-0.4, -0.2) is 24.9 Å². The largest absolute Gasteiger partial charge is 0.389 e. The molecule has 2 rings (SSSR count). The summed E-state index contributed by atoms with van der Waals surface area (Å²) in [6.45, 7) is 2.93. The van der Waals surface area contributed by atoms with Gasteiger partial charge in [0.2, 0.25) is 0 Å². The van der Waals surface area contributed by atoms with Gasteiger partial charge in [-0.05, 0) is 19.5 Å². The third kappa shape index (κ3) is 2.61. The summed E-state index contributed by atoms with van der Waals surface area (Å²) in [5.41, 5.74) is 2.22. The summed E-state index contributed by atoms with van der Waals surface area (Å²) in [4.78, 5) is 5.56. The maximum atomic E-state index is 5.56. The number of nitrogens with one attached hydrogen (secondary N) is 1. The van der Waals surface area contributed by atoms with Crippen LogP contribution in [0, 0.1) is 0 Å². The summed E-state index contributed by atoms with van der Waals surface area (Å²) in [6.07, 6.45) is 1.81. The van der Waals surface area contributed by atoms with Crippen LogP contribution in [0.4, 0.5) is 0 Å². The smallest absolute Gasteiger partial charge is 0.144 e. The Morgan fingerprint density at radius 3 is 2.81 bits per heavy atom. The summed E-state index contributed by atoms with van der Waals surface area (Å²) in [6, 6.07) is 10.4. The molecule has 3 nitrogen and oxygen atoms in total. The molecular formula is C13H18N2O. The summed E-state index contributed by atoms with van der Waals surface area (Å²) >= 11 is 0. The molecule has 1 aromatic carbocycles. The number of oxime groups is 1. The zero-order valence-corrected chi connectivity index (χ0v) is 9.86. The Morgan fingerprint density at radius 2 is 2.12 bits per heavy atom. The van der Waals surface area contributed by atoms with Crippen LogP contribution in [-0.2, 0) is 11.3 Å². The number of hydrogen-bond donors (Lipinski definition) is 1. The standard InChI is InChI=1S/C13H18N2O/c1-13(8-11-6-4-3-5-7-11)9-12(10-14-2)15-16-13/h3-7,14H,8-10H2,1-2H3. The monoisotopic (exact) mass is 218 g/mol. The van der Waals surface area contributed by atoms with Gasteiger partial charge in [0, 0.05) is 19.4 Å². The summed E-state index contributed by atoms with van der Waals surface area (Å²) in [5.74, 6) is 0. The van der Waals surface area contributed by atoms with E-state index in [1.165, 1.54) is 5.56 Å². The molecule has 1 heterocycles. The highest BCUT2D eigenvalue weighted by atomic mass is 16.7. The van der Waals surface area contributed by atoms with Crippen LogP contribution < -0.4 is 5.32 Å². The highest BCUT2D eigenvalue weighted by Crippen LogP contribution is 2.27. The minimum Gasteiger partial charge on any atom is -0.389 e. The normalized spacial score (nSPS) is 24.0. The van der Waals surface area contributed by atoms with Crippen molar-refractivity contribution in [3.8, 4) is 0 Å². The van der Waals surface area contributed by atoms with Gasteiger partial charge in [0.25, 0.3) is 0 Å². The molecule has 1 aromatic rings. The first kappa shape index (κ1) is 11.1. The van der Waals surface area contributed by atoms with E-state index in [1.807, 2.05) is 13.1 Å². The molecule has 1 atom stereocenters. The molecule has 0 fully saturated rings. The minimum atomic E-state index is -0.173. The summed E-state index contributed by atoms with van der Waals surface area (Å²) in [5, 5.41) is 7.23. The van der Waals surface area contributed by atoms with Gasteiger partial charge in [-0.3, -0.25) is 0 Å².